The summed E-state index contributed by atoms with van der Waals surface area (Å²) in [5, 5.41) is 11.9. The predicted octanol–water partition coefficient (Wildman–Crippen LogP) is 23.8. The van der Waals surface area contributed by atoms with Gasteiger partial charge < -0.3 is 33.3 Å². The summed E-state index contributed by atoms with van der Waals surface area (Å²) >= 11 is 0. The molecule has 538 valence electrons. The van der Waals surface area contributed by atoms with Crippen LogP contribution in [-0.4, -0.2) is 82.3 Å². The smallest absolute Gasteiger partial charge is 0.306 e. The number of ether oxygens (including phenoxy) is 4. The number of hydrogen-bond donors (Lipinski definition) is 0. The van der Waals surface area contributed by atoms with E-state index in [9.17, 15) is 19.5 Å². The number of nitrogens with zero attached hydrogens (tertiary/aromatic N) is 1. The van der Waals surface area contributed by atoms with Crippen molar-refractivity contribution in [1.82, 2.24) is 0 Å². The number of carboxylic acid groups (broad SMARTS) is 1. The van der Waals surface area contributed by atoms with E-state index in [4.69, 9.17) is 18.9 Å². The van der Waals surface area contributed by atoms with Gasteiger partial charge in [0.1, 0.15) is 13.2 Å². The number of carboxylic acids is 1. The fraction of sp³-hybridized carbons (Fsp3) is 0.774. The summed E-state index contributed by atoms with van der Waals surface area (Å²) in [6.07, 6.45) is 99.5. The number of carbonyl (C=O) groups excluding carboxylic acids is 3. The number of quaternary nitrogens is 1. The van der Waals surface area contributed by atoms with Gasteiger partial charge in [0.2, 0.25) is 0 Å². The van der Waals surface area contributed by atoms with Gasteiger partial charge in [-0.05, 0) is 96.3 Å². The summed E-state index contributed by atoms with van der Waals surface area (Å²) in [5.41, 5.74) is 0. The van der Waals surface area contributed by atoms with Gasteiger partial charge in [-0.25, -0.2) is 0 Å². The molecule has 0 saturated heterocycles. The van der Waals surface area contributed by atoms with E-state index in [1.54, 1.807) is 0 Å². The Balaban J connectivity index is 4.04. The normalized spacial score (nSPS) is 13.2. The number of likely N-dealkylation sites (N-methyl/N-ethyl adjacent to an activating group) is 1. The van der Waals surface area contributed by atoms with Crippen LogP contribution in [0.15, 0.2) is 97.2 Å². The van der Waals surface area contributed by atoms with Gasteiger partial charge in [-0.3, -0.25) is 9.59 Å². The fourth-order valence-electron chi connectivity index (χ4n) is 11.3. The molecular weight excluding hydrogens is 1150 g/mol. The van der Waals surface area contributed by atoms with Crippen molar-refractivity contribution in [2.75, 3.05) is 47.5 Å². The molecule has 0 aromatic heterocycles. The monoisotopic (exact) mass is 1300 g/mol. The summed E-state index contributed by atoms with van der Waals surface area (Å²) in [6, 6.07) is 0. The molecule has 0 amide bonds. The first-order valence-electron chi connectivity index (χ1n) is 39.4. The zero-order valence-corrected chi connectivity index (χ0v) is 61.6. The maximum Gasteiger partial charge on any atom is 0.306 e. The molecule has 93 heavy (non-hydrogen) atoms. The minimum absolute atomic E-state index is 0.146. The average Bonchev–Trinajstić information content (AvgIpc) is 3.74. The number of aliphatic carboxylic acids is 1. The van der Waals surface area contributed by atoms with Crippen molar-refractivity contribution < 1.29 is 42.9 Å². The molecule has 2 atom stereocenters. The van der Waals surface area contributed by atoms with Crippen LogP contribution in [0.5, 0.6) is 0 Å². The van der Waals surface area contributed by atoms with Crippen LogP contribution >= 0.6 is 0 Å². The van der Waals surface area contributed by atoms with E-state index in [0.717, 1.165) is 83.5 Å². The standard InChI is InChI=1S/C84H149NO8/c1-6-8-10-12-14-16-18-20-22-24-26-28-30-32-34-36-38-40-41-43-45-47-49-51-53-55-57-59-61-63-65-67-69-71-73-75-82(87)93-80(79-92-84(83(88)89)90-77-76-85(3,4)5)78-91-81(86)74-72-70-68-66-64-62-60-58-56-54-52-50-48-46-44-42-39-37-35-33-31-29-27-25-23-21-19-17-15-13-11-9-7-2/h8,10,14,16,20,22,25-28,32,34,38,40,43,45,80,84H,6-7,9,11-13,15,17-19,21,23-24,29-31,33,35-37,39,41-42,44,46-79H2,1-5H3/b10-8-,16-14-,22-20-,27-25-,28-26-,34-32-,40-38-,45-43-. The Kier molecular flexibility index (Phi) is 71.0. The third-order valence-corrected chi connectivity index (χ3v) is 17.3. The Morgan fingerprint density at radius 2 is 0.613 bits per heavy atom. The first-order valence-corrected chi connectivity index (χ1v) is 39.4. The molecule has 0 saturated carbocycles. The van der Waals surface area contributed by atoms with Crippen molar-refractivity contribution in [3.05, 3.63) is 97.2 Å². The number of allylic oxidation sites excluding steroid dienone is 16. The summed E-state index contributed by atoms with van der Waals surface area (Å²) in [6.45, 7) is 4.68. The van der Waals surface area contributed by atoms with Gasteiger partial charge in [-0.1, -0.05) is 349 Å². The van der Waals surface area contributed by atoms with Crippen LogP contribution < -0.4 is 5.11 Å². The van der Waals surface area contributed by atoms with Crippen LogP contribution in [-0.2, 0) is 33.3 Å². The number of unbranched alkanes of at least 4 members (excludes halogenated alkanes) is 42. The van der Waals surface area contributed by atoms with Crippen LogP contribution in [0.4, 0.5) is 0 Å². The van der Waals surface area contributed by atoms with Crippen LogP contribution in [0, 0.1) is 0 Å². The number of esters is 2. The zero-order valence-electron chi connectivity index (χ0n) is 61.6. The summed E-state index contributed by atoms with van der Waals surface area (Å²) in [5.74, 6) is -2.27. The Bertz CT molecular complexity index is 1850. The lowest BCUT2D eigenvalue weighted by Gasteiger charge is -2.26. The topological polar surface area (TPSA) is 111 Å². The Morgan fingerprint density at radius 3 is 0.925 bits per heavy atom. The second-order valence-electron chi connectivity index (χ2n) is 27.6. The third kappa shape index (κ3) is 75.5. The molecule has 0 bridgehead atoms. The van der Waals surface area contributed by atoms with Crippen molar-refractivity contribution in [1.29, 1.82) is 0 Å². The number of hydrogen-bond acceptors (Lipinski definition) is 8. The molecule has 0 N–H and O–H groups in total. The maximum absolute atomic E-state index is 13.0. The lowest BCUT2D eigenvalue weighted by atomic mass is 10.0. The van der Waals surface area contributed by atoms with Gasteiger partial charge in [0.25, 0.3) is 0 Å². The summed E-state index contributed by atoms with van der Waals surface area (Å²) in [7, 11) is 5.94. The Morgan fingerprint density at radius 1 is 0.333 bits per heavy atom. The molecule has 9 heteroatoms. The molecule has 0 aliphatic rings. The van der Waals surface area contributed by atoms with Gasteiger partial charge in [0, 0.05) is 12.8 Å². The number of carbonyl (C=O) groups is 3. The molecule has 0 fully saturated rings. The van der Waals surface area contributed by atoms with E-state index < -0.39 is 24.3 Å². The van der Waals surface area contributed by atoms with Crippen LogP contribution in [0.3, 0.4) is 0 Å². The van der Waals surface area contributed by atoms with Gasteiger partial charge in [0.05, 0.1) is 40.3 Å². The minimum Gasteiger partial charge on any atom is -0.545 e. The van der Waals surface area contributed by atoms with E-state index in [1.165, 1.54) is 244 Å². The van der Waals surface area contributed by atoms with Crippen molar-refractivity contribution in [3.63, 3.8) is 0 Å². The van der Waals surface area contributed by atoms with Gasteiger partial charge in [-0.15, -0.1) is 0 Å². The minimum atomic E-state index is -1.63. The number of rotatable bonds is 73. The molecule has 0 heterocycles. The zero-order chi connectivity index (χ0) is 67.5. The molecule has 9 nitrogen and oxygen atoms in total. The largest absolute Gasteiger partial charge is 0.545 e. The second-order valence-corrected chi connectivity index (χ2v) is 27.6. The molecule has 0 radical (unpaired) electrons. The average molecular weight is 1300 g/mol. The van der Waals surface area contributed by atoms with Gasteiger partial charge in [0.15, 0.2) is 12.4 Å². The molecule has 0 spiro atoms. The SMILES string of the molecule is CC/C=C\C/C=C\C/C=C\C/C=C\C/C=C\C/C=C\C/C=C\CCCCCCCCCCCCCCCC(=O)OC(COC(=O)CCCCCCCCCCCCCCCCCCCCCCC/C=C\CCCCCCCCCC)COC(OCC[N+](C)(C)C)C(=O)[O-]. The highest BCUT2D eigenvalue weighted by atomic mass is 16.7. The maximum atomic E-state index is 13.0. The van der Waals surface area contributed by atoms with Gasteiger partial charge >= 0.3 is 11.9 Å². The first-order chi connectivity index (χ1) is 45.6. The third-order valence-electron chi connectivity index (χ3n) is 17.3. The molecule has 0 aromatic rings. The molecule has 0 rings (SSSR count). The quantitative estimate of drug-likeness (QED) is 0.0195. The molecule has 0 aliphatic carbocycles. The fourth-order valence-corrected chi connectivity index (χ4v) is 11.3. The summed E-state index contributed by atoms with van der Waals surface area (Å²) in [4.78, 5) is 37.6. The van der Waals surface area contributed by atoms with Crippen molar-refractivity contribution in [2.24, 2.45) is 0 Å². The molecule has 0 aliphatic heterocycles. The lowest BCUT2D eigenvalue weighted by molar-refractivity contribution is -0.870. The van der Waals surface area contributed by atoms with Crippen LogP contribution in [0.2, 0.25) is 0 Å². The highest BCUT2D eigenvalue weighted by Crippen LogP contribution is 2.19. The molecular formula is C84H149NO8. The highest BCUT2D eigenvalue weighted by Gasteiger charge is 2.22. The lowest BCUT2D eigenvalue weighted by Crippen LogP contribution is -2.44. The Labute approximate surface area is 575 Å². The van der Waals surface area contributed by atoms with E-state index in [1.807, 2.05) is 21.1 Å². The van der Waals surface area contributed by atoms with Crippen LogP contribution in [0.1, 0.15) is 361 Å². The summed E-state index contributed by atoms with van der Waals surface area (Å²) < 4.78 is 22.9. The van der Waals surface area contributed by atoms with Crippen molar-refractivity contribution >= 4 is 17.9 Å². The van der Waals surface area contributed by atoms with E-state index in [2.05, 4.69) is 111 Å². The van der Waals surface area contributed by atoms with Gasteiger partial charge in [-0.2, -0.15) is 0 Å². The highest BCUT2D eigenvalue weighted by molar-refractivity contribution is 5.70. The first kappa shape index (κ1) is 89.2. The molecule has 0 aromatic carbocycles. The van der Waals surface area contributed by atoms with E-state index >= 15 is 0 Å². The predicted molar refractivity (Wildman–Crippen MR) is 398 cm³/mol. The van der Waals surface area contributed by atoms with E-state index in [-0.39, 0.29) is 32.2 Å². The van der Waals surface area contributed by atoms with E-state index in [0.29, 0.717) is 23.9 Å². The van der Waals surface area contributed by atoms with Crippen molar-refractivity contribution in [2.45, 2.75) is 373 Å². The second kappa shape index (κ2) is 74.0. The molecule has 2 unspecified atom stereocenters. The Hall–Kier alpha value is -3.79. The van der Waals surface area contributed by atoms with Crippen molar-refractivity contribution in [3.8, 4) is 0 Å². The van der Waals surface area contributed by atoms with Crippen LogP contribution in [0.25, 0.3) is 0 Å².